The first-order valence-corrected chi connectivity index (χ1v) is 13.8. The summed E-state index contributed by atoms with van der Waals surface area (Å²) in [6.45, 7) is 9.08. The van der Waals surface area contributed by atoms with Crippen molar-refractivity contribution in [2.24, 2.45) is 9.98 Å². The van der Waals surface area contributed by atoms with Crippen molar-refractivity contribution in [3.8, 4) is 0 Å². The summed E-state index contributed by atoms with van der Waals surface area (Å²) in [5.74, 6) is 2.80. The van der Waals surface area contributed by atoms with Gasteiger partial charge in [0, 0.05) is 70.8 Å². The number of aromatic nitrogens is 4. The first-order valence-electron chi connectivity index (χ1n) is 11.6. The molecule has 0 amide bonds. The molecule has 0 spiro atoms. The van der Waals surface area contributed by atoms with E-state index in [-0.39, 0.29) is 13.2 Å². The molecule has 2 aliphatic rings. The Balaban J connectivity index is 1.52. The molecule has 0 bridgehead atoms. The van der Waals surface area contributed by atoms with Crippen LogP contribution in [-0.4, -0.2) is 65.8 Å². The number of rotatable bonds is 9. The lowest BCUT2D eigenvalue weighted by Gasteiger charge is -2.27. The molecule has 2 aromatic rings. The lowest BCUT2D eigenvalue weighted by atomic mass is 10.2. The number of allylic oxidation sites excluding steroid dienone is 2. The fraction of sp³-hybridized carbons (Fsp3) is 0.417. The first-order chi connectivity index (χ1) is 17.4. The molecule has 0 fully saturated rings. The maximum Gasteiger partial charge on any atom is 0.162 e. The van der Waals surface area contributed by atoms with Gasteiger partial charge in [0.25, 0.3) is 0 Å². The van der Waals surface area contributed by atoms with E-state index in [9.17, 15) is 10.2 Å². The van der Waals surface area contributed by atoms with Gasteiger partial charge in [-0.1, -0.05) is 21.6 Å². The third kappa shape index (κ3) is 6.12. The Hall–Kier alpha value is -2.80. The van der Waals surface area contributed by atoms with Crippen LogP contribution in [0.3, 0.4) is 0 Å². The van der Waals surface area contributed by atoms with Gasteiger partial charge in [0.15, 0.2) is 11.6 Å². The van der Waals surface area contributed by atoms with E-state index in [1.54, 1.807) is 34.3 Å². The molecule has 36 heavy (non-hydrogen) atoms. The Morgan fingerprint density at radius 1 is 0.778 bits per heavy atom. The van der Waals surface area contributed by atoms with E-state index in [2.05, 4.69) is 39.7 Å². The van der Waals surface area contributed by atoms with Gasteiger partial charge in [-0.25, -0.2) is 29.9 Å². The number of aliphatic hydroxyl groups is 2. The molecule has 0 atom stereocenters. The van der Waals surface area contributed by atoms with E-state index in [0.717, 1.165) is 32.3 Å². The monoisotopic (exact) mass is 526 g/mol. The molecule has 0 saturated heterocycles. The van der Waals surface area contributed by atoms with E-state index in [1.807, 2.05) is 40.1 Å². The maximum atomic E-state index is 9.75. The largest absolute Gasteiger partial charge is 0.396 e. The van der Waals surface area contributed by atoms with E-state index in [1.165, 1.54) is 0 Å². The predicted molar refractivity (Wildman–Crippen MR) is 145 cm³/mol. The minimum Gasteiger partial charge on any atom is -0.396 e. The summed E-state index contributed by atoms with van der Waals surface area (Å²) < 4.78 is 0. The highest BCUT2D eigenvalue weighted by Crippen LogP contribution is 2.43. The predicted octanol–water partition coefficient (Wildman–Crippen LogP) is 4.14. The number of nitrogens with zero attached hydrogens (tertiary/aromatic N) is 8. The second-order valence-corrected chi connectivity index (χ2v) is 10.7. The van der Waals surface area contributed by atoms with Gasteiger partial charge in [-0.2, -0.15) is 0 Å². The Bertz CT molecular complexity index is 1150. The fourth-order valence-corrected chi connectivity index (χ4v) is 6.56. The molecular weight excluding hydrogens is 496 g/mol. The molecular formula is C24H30N8O2S2. The van der Waals surface area contributed by atoms with Crippen molar-refractivity contribution in [1.29, 1.82) is 0 Å². The summed E-state index contributed by atoms with van der Waals surface area (Å²) in [6.07, 6.45) is 8.25. The molecule has 10 nitrogen and oxygen atoms in total. The number of aliphatic imine (C=N–C) groups is 2. The lowest BCUT2D eigenvalue weighted by Crippen LogP contribution is -2.24. The van der Waals surface area contributed by atoms with Crippen molar-refractivity contribution in [3.05, 3.63) is 56.4 Å². The van der Waals surface area contributed by atoms with Crippen molar-refractivity contribution < 1.29 is 10.2 Å². The quantitative estimate of drug-likeness (QED) is 0.461. The molecule has 2 aromatic heterocycles. The average Bonchev–Trinajstić information content (AvgIpc) is 2.88. The summed E-state index contributed by atoms with van der Waals surface area (Å²) in [5.41, 5.74) is 3.95. The molecule has 190 valence electrons. The maximum absolute atomic E-state index is 9.75. The van der Waals surface area contributed by atoms with Gasteiger partial charge in [0.1, 0.15) is 11.6 Å². The molecule has 12 heteroatoms. The van der Waals surface area contributed by atoms with Crippen molar-refractivity contribution in [1.82, 2.24) is 29.7 Å². The van der Waals surface area contributed by atoms with Crippen molar-refractivity contribution in [2.45, 2.75) is 53.6 Å². The molecule has 0 unspecified atom stereocenters. The first kappa shape index (κ1) is 26.3. The smallest absolute Gasteiger partial charge is 0.162 e. The van der Waals surface area contributed by atoms with E-state index in [4.69, 9.17) is 0 Å². The minimum atomic E-state index is 0.0388. The highest BCUT2D eigenvalue weighted by atomic mass is 33.1. The lowest BCUT2D eigenvalue weighted by molar-refractivity contribution is 0.300. The van der Waals surface area contributed by atoms with Crippen LogP contribution in [0.4, 0.5) is 11.6 Å². The van der Waals surface area contributed by atoms with Crippen molar-refractivity contribution in [3.63, 3.8) is 0 Å². The molecule has 0 aliphatic carbocycles. The third-order valence-electron chi connectivity index (χ3n) is 5.83. The fourth-order valence-electron chi connectivity index (χ4n) is 3.71. The van der Waals surface area contributed by atoms with Crippen LogP contribution < -0.4 is 0 Å². The van der Waals surface area contributed by atoms with Crippen LogP contribution in [0.15, 0.2) is 43.6 Å². The topological polar surface area (TPSA) is 123 Å². The van der Waals surface area contributed by atoms with Crippen LogP contribution >= 0.6 is 21.6 Å². The Morgan fingerprint density at radius 3 is 1.58 bits per heavy atom. The highest BCUT2D eigenvalue weighted by Gasteiger charge is 2.20. The summed E-state index contributed by atoms with van der Waals surface area (Å²) in [4.78, 5) is 32.6. The number of fused-ring (bicyclic) bond motifs is 2. The molecule has 4 heterocycles. The zero-order chi connectivity index (χ0) is 25.7. The van der Waals surface area contributed by atoms with Crippen molar-refractivity contribution >= 4 is 45.9 Å². The highest BCUT2D eigenvalue weighted by molar-refractivity contribution is 8.79. The van der Waals surface area contributed by atoms with Crippen LogP contribution in [0, 0.1) is 13.8 Å². The number of hydrogen-bond acceptors (Lipinski definition) is 12. The Kier molecular flexibility index (Phi) is 8.72. The van der Waals surface area contributed by atoms with Gasteiger partial charge in [-0.3, -0.25) is 0 Å². The van der Waals surface area contributed by atoms with Gasteiger partial charge in [-0.05, 0) is 27.7 Å². The standard InChI is InChI=1S/C24H30N8O2S2/c1-15(31-11-19-9-25-17(3)29-23(19)27-13-31)21(5-7-33)35-36-22(6-8-34)16(2)32-12-20-10-26-18(4)30-24(20)28-14-32/h9-10,13-14,33-34H,5-8,11-12H2,1-4H3/b21-15-,22-16-. The van der Waals surface area contributed by atoms with Crippen LogP contribution in [0.5, 0.6) is 0 Å². The molecule has 2 aliphatic heterocycles. The van der Waals surface area contributed by atoms with Crippen molar-refractivity contribution in [2.75, 3.05) is 13.2 Å². The van der Waals surface area contributed by atoms with Crippen LogP contribution in [0.1, 0.15) is 49.5 Å². The number of aryl methyl sites for hydroxylation is 2. The van der Waals surface area contributed by atoms with E-state index < -0.39 is 0 Å². The number of hydrogen-bond donors (Lipinski definition) is 2. The van der Waals surface area contributed by atoms with Crippen LogP contribution in [-0.2, 0) is 13.1 Å². The number of aliphatic hydroxyl groups excluding tert-OH is 2. The SMILES string of the molecule is C/C(=C(\CCO)SS/C(CCO)=C(/C)N1C=Nc2nc(C)ncc2C1)N1C=Nc2nc(C)ncc2C1. The third-order valence-corrected chi connectivity index (χ3v) is 8.78. The second-order valence-electron chi connectivity index (χ2n) is 8.41. The molecule has 0 saturated carbocycles. The zero-order valence-electron chi connectivity index (χ0n) is 20.8. The average molecular weight is 527 g/mol. The minimum absolute atomic E-state index is 0.0388. The molecule has 0 aromatic carbocycles. The zero-order valence-corrected chi connectivity index (χ0v) is 22.5. The van der Waals surface area contributed by atoms with Crippen LogP contribution in [0.25, 0.3) is 0 Å². The van der Waals surface area contributed by atoms with Gasteiger partial charge in [0.05, 0.1) is 25.8 Å². The van der Waals surface area contributed by atoms with Gasteiger partial charge < -0.3 is 20.0 Å². The Morgan fingerprint density at radius 2 is 1.19 bits per heavy atom. The Labute approximate surface area is 218 Å². The summed E-state index contributed by atoms with van der Waals surface area (Å²) >= 11 is 0. The van der Waals surface area contributed by atoms with Gasteiger partial charge >= 0.3 is 0 Å². The van der Waals surface area contributed by atoms with E-state index >= 15 is 0 Å². The summed E-state index contributed by atoms with van der Waals surface area (Å²) in [6, 6.07) is 0. The molecule has 4 rings (SSSR count). The summed E-state index contributed by atoms with van der Waals surface area (Å²) in [7, 11) is 3.19. The van der Waals surface area contributed by atoms with Crippen LogP contribution in [0.2, 0.25) is 0 Å². The second kappa shape index (κ2) is 12.0. The molecule has 2 N–H and O–H groups in total. The normalized spacial score (nSPS) is 15.9. The van der Waals surface area contributed by atoms with E-state index in [0.29, 0.717) is 49.2 Å². The molecule has 0 radical (unpaired) electrons. The van der Waals surface area contributed by atoms with Gasteiger partial charge in [0.2, 0.25) is 0 Å². The van der Waals surface area contributed by atoms with Gasteiger partial charge in [-0.15, -0.1) is 0 Å². The summed E-state index contributed by atoms with van der Waals surface area (Å²) in [5, 5.41) is 19.5.